The number of esters is 1. The number of aliphatic hydroxyl groups is 2. The summed E-state index contributed by atoms with van der Waals surface area (Å²) >= 11 is 0. The molecule has 0 fully saturated rings. The fourth-order valence-corrected chi connectivity index (χ4v) is 9.22. The molecule has 2 aliphatic carbocycles. The van der Waals surface area contributed by atoms with Crippen molar-refractivity contribution in [1.29, 1.82) is 0 Å². The van der Waals surface area contributed by atoms with Gasteiger partial charge in [0.2, 0.25) is 23.7 Å². The lowest BCUT2D eigenvalue weighted by molar-refractivity contribution is -0.430. The minimum Gasteiger partial charge on any atom is -0.507 e. The number of unbranched alkanes of at least 4 members (excludes halogenated alkanes) is 25. The van der Waals surface area contributed by atoms with Crippen molar-refractivity contribution in [2.45, 2.75) is 201 Å². The smallest absolute Gasteiger partial charge is 0.372 e. The van der Waals surface area contributed by atoms with E-state index >= 15 is 0 Å². The number of ketones is 1. The number of Topliss-reactive ketones (excluding diaryl/α,β-unsaturated/α-hetero) is 1. The molecule has 2 aromatic rings. The van der Waals surface area contributed by atoms with Crippen LogP contribution in [0, 0.1) is 0 Å². The molecule has 8 heteroatoms. The zero-order valence-electron chi connectivity index (χ0n) is 41.4. The first kappa shape index (κ1) is 54.0. The fraction of sp³-hybridized carbons (Fsp3) is 0.603. The zero-order chi connectivity index (χ0) is 47.2. The number of benzene rings is 2. The Morgan fingerprint density at radius 2 is 1.06 bits per heavy atom. The van der Waals surface area contributed by atoms with Crippen molar-refractivity contribution in [2.75, 3.05) is 31.1 Å². The molecular weight excluding hydrogens is 821 g/mol. The highest BCUT2D eigenvalue weighted by Crippen LogP contribution is 2.43. The van der Waals surface area contributed by atoms with E-state index in [9.17, 15) is 24.9 Å². The second kappa shape index (κ2) is 32.2. The number of para-hydroxylation sites is 1. The number of aliphatic hydroxyl groups excluding tert-OH is 2. The van der Waals surface area contributed by atoms with Crippen LogP contribution in [0.1, 0.15) is 206 Å². The second-order valence-electron chi connectivity index (χ2n) is 18.8. The highest BCUT2D eigenvalue weighted by Gasteiger charge is 2.39. The number of nitrogens with zero attached hydrogens (tertiary/aromatic N) is 2. The van der Waals surface area contributed by atoms with Crippen LogP contribution in [-0.4, -0.2) is 63.6 Å². The van der Waals surface area contributed by atoms with Gasteiger partial charge in [0.15, 0.2) is 0 Å². The number of rotatable bonds is 36. The molecule has 4 rings (SSSR count). The number of allylic oxidation sites excluding steroid dienone is 5. The van der Waals surface area contributed by atoms with Gasteiger partial charge in [-0.25, -0.2) is 4.79 Å². The zero-order valence-corrected chi connectivity index (χ0v) is 41.4. The molecule has 0 aliphatic heterocycles. The van der Waals surface area contributed by atoms with Crippen molar-refractivity contribution < 1.29 is 34.2 Å². The first-order valence-corrected chi connectivity index (χ1v) is 26.6. The van der Waals surface area contributed by atoms with E-state index in [0.717, 1.165) is 56.6 Å². The third-order valence-corrected chi connectivity index (χ3v) is 13.3. The molecule has 0 heterocycles. The van der Waals surface area contributed by atoms with Crippen LogP contribution in [0.5, 0.6) is 5.75 Å². The molecule has 0 radical (unpaired) electrons. The summed E-state index contributed by atoms with van der Waals surface area (Å²) in [6, 6.07) is 14.8. The van der Waals surface area contributed by atoms with Crippen LogP contribution in [-0.2, 0) is 14.3 Å². The van der Waals surface area contributed by atoms with Gasteiger partial charge in [-0.2, -0.15) is 4.58 Å². The van der Waals surface area contributed by atoms with Crippen molar-refractivity contribution in [3.63, 3.8) is 0 Å². The summed E-state index contributed by atoms with van der Waals surface area (Å²) in [5, 5.41) is 33.9. The fourth-order valence-electron chi connectivity index (χ4n) is 9.22. The summed E-state index contributed by atoms with van der Waals surface area (Å²) in [6.07, 6.45) is 39.9. The number of carbonyl (C=O) groups is 2. The summed E-state index contributed by atoms with van der Waals surface area (Å²) in [6.45, 7) is 8.86. The molecule has 2 aromatic carbocycles. The second-order valence-corrected chi connectivity index (χ2v) is 18.8. The first-order valence-electron chi connectivity index (χ1n) is 26.6. The molecule has 0 saturated carbocycles. The Hall–Kier alpha value is -4.59. The molecule has 0 aromatic heterocycles. The molecular formula is C58H87N2O6+. The molecule has 3 N–H and O–H groups in total. The Kier molecular flexibility index (Phi) is 26.3. The third-order valence-electron chi connectivity index (χ3n) is 13.3. The number of phenols is 1. The molecule has 0 amide bonds. The molecule has 0 saturated heterocycles. The van der Waals surface area contributed by atoms with Crippen molar-refractivity contribution in [1.82, 2.24) is 0 Å². The van der Waals surface area contributed by atoms with E-state index in [1.165, 1.54) is 154 Å². The quantitative estimate of drug-likeness (QED) is 0.0270. The van der Waals surface area contributed by atoms with Gasteiger partial charge < -0.3 is 25.0 Å². The highest BCUT2D eigenvalue weighted by molar-refractivity contribution is 6.40. The number of carbonyl (C=O) groups excluding carboxylic acids is 2. The minimum absolute atomic E-state index is 0.00484. The lowest BCUT2D eigenvalue weighted by Crippen LogP contribution is -2.27. The molecule has 8 nitrogen and oxygen atoms in total. The summed E-state index contributed by atoms with van der Waals surface area (Å²) in [5.41, 5.74) is 2.69. The summed E-state index contributed by atoms with van der Waals surface area (Å²) in [5.74, 6) is -1.34. The summed E-state index contributed by atoms with van der Waals surface area (Å²) < 4.78 is 7.45. The summed E-state index contributed by atoms with van der Waals surface area (Å²) in [7, 11) is 0. The molecule has 0 bridgehead atoms. The molecule has 0 unspecified atom stereocenters. The third kappa shape index (κ3) is 18.6. The van der Waals surface area contributed by atoms with E-state index in [2.05, 4.69) is 25.7 Å². The van der Waals surface area contributed by atoms with Gasteiger partial charge in [0, 0.05) is 54.2 Å². The SMILES string of the molecule is CCCCCCCCCCCCCCCCCCOC(=O)C/[N+](=C1C=C/C(=C2/C(=O)C(c3ccc(N(CCCCCCCC)CCCCCCCC)cc3O)=C2O)C(O)=C/1)c1ccccc1. The molecule has 66 heavy (non-hydrogen) atoms. The number of hydrogen-bond donors (Lipinski definition) is 3. The van der Waals surface area contributed by atoms with Crippen molar-refractivity contribution in [2.24, 2.45) is 0 Å². The number of anilines is 1. The van der Waals surface area contributed by atoms with Crippen LogP contribution >= 0.6 is 0 Å². The van der Waals surface area contributed by atoms with Gasteiger partial charge in [0.25, 0.3) is 0 Å². The Bertz CT molecular complexity index is 1890. The lowest BCUT2D eigenvalue weighted by Gasteiger charge is -2.27. The van der Waals surface area contributed by atoms with Crippen LogP contribution in [0.4, 0.5) is 11.4 Å². The Morgan fingerprint density at radius 1 is 0.576 bits per heavy atom. The average molecular weight is 908 g/mol. The Labute approximate surface area is 399 Å². The van der Waals surface area contributed by atoms with Crippen molar-refractivity contribution in [3.05, 3.63) is 95.0 Å². The monoisotopic (exact) mass is 908 g/mol. The van der Waals surface area contributed by atoms with E-state index in [-0.39, 0.29) is 52.1 Å². The van der Waals surface area contributed by atoms with E-state index in [4.69, 9.17) is 4.74 Å². The molecule has 364 valence electrons. The van der Waals surface area contributed by atoms with Crippen LogP contribution in [0.3, 0.4) is 0 Å². The van der Waals surface area contributed by atoms with Crippen LogP contribution in [0.2, 0.25) is 0 Å². The van der Waals surface area contributed by atoms with Crippen molar-refractivity contribution in [3.8, 4) is 5.75 Å². The maximum Gasteiger partial charge on any atom is 0.372 e. The lowest BCUT2D eigenvalue weighted by atomic mass is 9.79. The maximum absolute atomic E-state index is 13.7. The van der Waals surface area contributed by atoms with Gasteiger partial charge in [-0.3, -0.25) is 4.79 Å². The van der Waals surface area contributed by atoms with E-state index in [0.29, 0.717) is 12.3 Å². The molecule has 2 aliphatic rings. The standard InChI is InChI=1S/C58H86N2O6/c1-4-7-10-13-16-17-18-19-20-21-22-23-24-25-28-34-43-66-54(63)46-60(47-35-30-29-31-36-47)49-38-40-51(53(62)45-49)56-57(64)55(58(56)65)50-39-37-48(44-52(50)61)59(41-32-26-14-11-8-5-2)42-33-27-15-12-9-6-3/h29-31,35-40,44-45H,4-28,32-34,41-43,46H2,1-3H3,(H2,61,62,64,65)/p+1. The van der Waals surface area contributed by atoms with Gasteiger partial charge in [-0.05, 0) is 37.5 Å². The molecule has 0 spiro atoms. The topological polar surface area (TPSA) is 110 Å². The number of aromatic hydroxyl groups is 1. The van der Waals surface area contributed by atoms with Gasteiger partial charge in [0.05, 0.1) is 23.8 Å². The Morgan fingerprint density at radius 3 is 1.53 bits per heavy atom. The van der Waals surface area contributed by atoms with Gasteiger partial charge in [-0.1, -0.05) is 199 Å². The average Bonchev–Trinajstić information content (AvgIpc) is 3.32. The predicted octanol–water partition coefficient (Wildman–Crippen LogP) is 15.7. The largest absolute Gasteiger partial charge is 0.507 e. The normalized spacial score (nSPS) is 15.6. The highest BCUT2D eigenvalue weighted by atomic mass is 16.5. The van der Waals surface area contributed by atoms with Gasteiger partial charge in [0.1, 0.15) is 17.3 Å². The summed E-state index contributed by atoms with van der Waals surface area (Å²) in [4.78, 5) is 29.2. The minimum atomic E-state index is -0.452. The van der Waals surface area contributed by atoms with Crippen LogP contribution < -0.4 is 4.90 Å². The van der Waals surface area contributed by atoms with Crippen molar-refractivity contribution >= 4 is 34.4 Å². The van der Waals surface area contributed by atoms with E-state index in [1.807, 2.05) is 36.4 Å². The van der Waals surface area contributed by atoms with E-state index in [1.54, 1.807) is 28.9 Å². The maximum atomic E-state index is 13.7. The van der Waals surface area contributed by atoms with Gasteiger partial charge in [-0.15, -0.1) is 0 Å². The van der Waals surface area contributed by atoms with Crippen LogP contribution in [0.25, 0.3) is 5.57 Å². The van der Waals surface area contributed by atoms with Crippen LogP contribution in [0.15, 0.2) is 89.4 Å². The number of ether oxygens (including phenoxy) is 1. The Balaban J connectivity index is 1.32. The predicted molar refractivity (Wildman–Crippen MR) is 275 cm³/mol. The number of hydrogen-bond acceptors (Lipinski definition) is 7. The van der Waals surface area contributed by atoms with E-state index < -0.39 is 5.78 Å². The molecule has 0 atom stereocenters. The number of phenolic OH excluding ortho intramolecular Hbond substituents is 1. The van der Waals surface area contributed by atoms with Gasteiger partial charge >= 0.3 is 5.97 Å². The first-order chi connectivity index (χ1) is 32.3.